The minimum absolute atomic E-state index is 0.0724. The van der Waals surface area contributed by atoms with Crippen molar-refractivity contribution in [2.75, 3.05) is 18.4 Å². The van der Waals surface area contributed by atoms with Gasteiger partial charge in [0.1, 0.15) is 5.01 Å². The Kier molecular flexibility index (Phi) is 6.57. The maximum absolute atomic E-state index is 12.6. The van der Waals surface area contributed by atoms with Crippen molar-refractivity contribution in [3.8, 4) is 0 Å². The molecule has 1 aliphatic heterocycles. The molecule has 7 nitrogen and oxygen atoms in total. The van der Waals surface area contributed by atoms with E-state index in [0.717, 1.165) is 35.6 Å². The van der Waals surface area contributed by atoms with Gasteiger partial charge < -0.3 is 15.5 Å². The van der Waals surface area contributed by atoms with E-state index < -0.39 is 0 Å². The summed E-state index contributed by atoms with van der Waals surface area (Å²) in [5, 5.41) is 15.3. The summed E-state index contributed by atoms with van der Waals surface area (Å²) < 4.78 is 0. The summed E-state index contributed by atoms with van der Waals surface area (Å²) in [4.78, 5) is 26.9. The summed E-state index contributed by atoms with van der Waals surface area (Å²) in [6.45, 7) is 3.84. The molecule has 0 saturated carbocycles. The number of piperidine rings is 1. The van der Waals surface area contributed by atoms with E-state index in [1.54, 1.807) is 0 Å². The molecule has 1 aromatic heterocycles. The van der Waals surface area contributed by atoms with Gasteiger partial charge in [-0.05, 0) is 37.5 Å². The number of urea groups is 1. The van der Waals surface area contributed by atoms with Crippen molar-refractivity contribution < 1.29 is 9.59 Å². The molecule has 0 unspecified atom stereocenters. The summed E-state index contributed by atoms with van der Waals surface area (Å²) >= 11 is 1.30. The van der Waals surface area contributed by atoms with Gasteiger partial charge in [0.05, 0.1) is 0 Å². The first-order valence-electron chi connectivity index (χ1n) is 10.4. The third-order valence-corrected chi connectivity index (χ3v) is 6.37. The van der Waals surface area contributed by atoms with Crippen LogP contribution in [0.2, 0.25) is 0 Å². The first kappa shape index (κ1) is 21.0. The van der Waals surface area contributed by atoms with Gasteiger partial charge in [0, 0.05) is 31.2 Å². The zero-order valence-electron chi connectivity index (χ0n) is 17.4. The number of likely N-dealkylation sites (tertiary alicyclic amines) is 1. The molecule has 1 fully saturated rings. The van der Waals surface area contributed by atoms with Crippen molar-refractivity contribution in [2.45, 2.75) is 32.2 Å². The second-order valence-corrected chi connectivity index (χ2v) is 8.70. The smallest absolute Gasteiger partial charge is 0.317 e. The molecule has 3 aromatic rings. The van der Waals surface area contributed by atoms with Crippen LogP contribution in [-0.4, -0.2) is 40.1 Å². The summed E-state index contributed by atoms with van der Waals surface area (Å²) in [5.41, 5.74) is 2.99. The van der Waals surface area contributed by atoms with Crippen LogP contribution < -0.4 is 10.6 Å². The monoisotopic (exact) mass is 435 g/mol. The quantitative estimate of drug-likeness (QED) is 0.629. The lowest BCUT2D eigenvalue weighted by atomic mass is 9.99. The van der Waals surface area contributed by atoms with Crippen molar-refractivity contribution in [3.63, 3.8) is 0 Å². The molecule has 0 radical (unpaired) electrons. The van der Waals surface area contributed by atoms with Crippen LogP contribution >= 0.6 is 11.3 Å². The molecule has 1 atom stereocenters. The van der Waals surface area contributed by atoms with Crippen LogP contribution in [0.4, 0.5) is 10.5 Å². The highest BCUT2D eigenvalue weighted by atomic mass is 32.1. The minimum atomic E-state index is -0.265. The molecule has 0 aliphatic carbocycles. The van der Waals surface area contributed by atoms with Gasteiger partial charge in [0.15, 0.2) is 0 Å². The molecule has 1 aliphatic rings. The van der Waals surface area contributed by atoms with Gasteiger partial charge in [-0.3, -0.25) is 4.79 Å². The Hall–Kier alpha value is -3.26. The number of aryl methyl sites for hydroxylation is 1. The number of anilines is 1. The van der Waals surface area contributed by atoms with E-state index in [4.69, 9.17) is 0 Å². The predicted molar refractivity (Wildman–Crippen MR) is 121 cm³/mol. The minimum Gasteiger partial charge on any atom is -0.334 e. The number of amides is 3. The lowest BCUT2D eigenvalue weighted by molar-refractivity contribution is 0.102. The van der Waals surface area contributed by atoms with Crippen LogP contribution in [0.15, 0.2) is 54.6 Å². The zero-order valence-corrected chi connectivity index (χ0v) is 18.2. The topological polar surface area (TPSA) is 87.2 Å². The Morgan fingerprint density at radius 3 is 2.65 bits per heavy atom. The lowest BCUT2D eigenvalue weighted by Gasteiger charge is -2.31. The molecule has 2 heterocycles. The number of aromatic nitrogens is 2. The Morgan fingerprint density at radius 1 is 1.10 bits per heavy atom. The van der Waals surface area contributed by atoms with Crippen molar-refractivity contribution in [1.29, 1.82) is 0 Å². The Bertz CT molecular complexity index is 1040. The second kappa shape index (κ2) is 9.70. The highest BCUT2D eigenvalue weighted by Gasteiger charge is 2.28. The van der Waals surface area contributed by atoms with Crippen LogP contribution in [0, 0.1) is 6.92 Å². The van der Waals surface area contributed by atoms with Crippen LogP contribution in [0.25, 0.3) is 0 Å². The number of carbonyl (C=O) groups is 2. The summed E-state index contributed by atoms with van der Waals surface area (Å²) in [7, 11) is 0. The molecule has 0 bridgehead atoms. The molecule has 2 aromatic carbocycles. The van der Waals surface area contributed by atoms with Crippen molar-refractivity contribution in [3.05, 3.63) is 75.7 Å². The molecular formula is C23H25N5O2S. The number of hydrogen-bond acceptors (Lipinski definition) is 5. The number of nitrogens with one attached hydrogen (secondary N) is 2. The van der Waals surface area contributed by atoms with Gasteiger partial charge in [-0.25, -0.2) is 4.79 Å². The Balaban J connectivity index is 1.33. The lowest BCUT2D eigenvalue weighted by Crippen LogP contribution is -2.44. The highest BCUT2D eigenvalue weighted by Crippen LogP contribution is 2.29. The standard InChI is InChI=1S/C23H25N5O2S/c1-16-9-11-17(12-10-16)14-24-23(30)28-13-5-6-18(15-28)21-26-27-22(31-21)20(29)25-19-7-3-2-4-8-19/h2-4,7-12,18H,5-6,13-15H2,1H3,(H,24,30)(H,25,29)/t18-/m0/s1. The van der Waals surface area contributed by atoms with Crippen LogP contribution in [0.5, 0.6) is 0 Å². The maximum atomic E-state index is 12.6. The van der Waals surface area contributed by atoms with E-state index >= 15 is 0 Å². The van der Waals surface area contributed by atoms with E-state index in [-0.39, 0.29) is 17.9 Å². The van der Waals surface area contributed by atoms with Gasteiger partial charge in [0.2, 0.25) is 5.01 Å². The van der Waals surface area contributed by atoms with Crippen LogP contribution in [-0.2, 0) is 6.54 Å². The summed E-state index contributed by atoms with van der Waals surface area (Å²) in [6, 6.07) is 17.3. The van der Waals surface area contributed by atoms with Gasteiger partial charge in [-0.2, -0.15) is 0 Å². The van der Waals surface area contributed by atoms with Crippen molar-refractivity contribution in [2.24, 2.45) is 0 Å². The first-order chi connectivity index (χ1) is 15.1. The molecule has 8 heteroatoms. The average Bonchev–Trinajstić information content (AvgIpc) is 3.30. The van der Waals surface area contributed by atoms with Crippen LogP contribution in [0.1, 0.15) is 44.7 Å². The number of rotatable bonds is 5. The molecule has 2 N–H and O–H groups in total. The molecule has 4 rings (SSSR count). The third-order valence-electron chi connectivity index (χ3n) is 5.29. The van der Waals surface area contributed by atoms with Gasteiger partial charge in [-0.15, -0.1) is 10.2 Å². The highest BCUT2D eigenvalue weighted by molar-refractivity contribution is 7.13. The zero-order chi connectivity index (χ0) is 21.6. The van der Waals surface area contributed by atoms with E-state index in [1.807, 2.05) is 66.4 Å². The normalized spacial score (nSPS) is 16.0. The fourth-order valence-corrected chi connectivity index (χ4v) is 4.42. The molecule has 1 saturated heterocycles. The number of nitrogens with zero attached hydrogens (tertiary/aromatic N) is 3. The molecule has 0 spiro atoms. The third kappa shape index (κ3) is 5.46. The van der Waals surface area contributed by atoms with Crippen molar-refractivity contribution in [1.82, 2.24) is 20.4 Å². The number of carbonyl (C=O) groups excluding carboxylic acids is 2. The average molecular weight is 436 g/mol. The summed E-state index contributed by atoms with van der Waals surface area (Å²) in [6.07, 6.45) is 1.82. The van der Waals surface area contributed by atoms with Crippen molar-refractivity contribution >= 4 is 29.0 Å². The molecule has 160 valence electrons. The van der Waals surface area contributed by atoms with Crippen LogP contribution in [0.3, 0.4) is 0 Å². The van der Waals surface area contributed by atoms with E-state index in [0.29, 0.717) is 18.1 Å². The van der Waals surface area contributed by atoms with Gasteiger partial charge >= 0.3 is 6.03 Å². The van der Waals surface area contributed by atoms with E-state index in [2.05, 4.69) is 20.8 Å². The fraction of sp³-hybridized carbons (Fsp3) is 0.304. The van der Waals surface area contributed by atoms with Gasteiger partial charge in [0.25, 0.3) is 5.91 Å². The first-order valence-corrected chi connectivity index (χ1v) is 11.2. The van der Waals surface area contributed by atoms with Gasteiger partial charge in [-0.1, -0.05) is 59.4 Å². The SMILES string of the molecule is Cc1ccc(CNC(=O)N2CCC[C@H](c3nnc(C(=O)Nc4ccccc4)s3)C2)cc1. The summed E-state index contributed by atoms with van der Waals surface area (Å²) in [5.74, 6) is -0.173. The molecule has 3 amide bonds. The Labute approximate surface area is 185 Å². The number of hydrogen-bond donors (Lipinski definition) is 2. The number of para-hydroxylation sites is 1. The fourth-order valence-electron chi connectivity index (χ4n) is 3.56. The number of benzene rings is 2. The van der Waals surface area contributed by atoms with E-state index in [1.165, 1.54) is 16.9 Å². The molecule has 31 heavy (non-hydrogen) atoms. The predicted octanol–water partition coefficient (Wildman–Crippen LogP) is 4.19. The molecular weight excluding hydrogens is 410 g/mol. The maximum Gasteiger partial charge on any atom is 0.317 e. The Morgan fingerprint density at radius 2 is 1.87 bits per heavy atom. The van der Waals surface area contributed by atoms with E-state index in [9.17, 15) is 9.59 Å². The largest absolute Gasteiger partial charge is 0.334 e. The second-order valence-electron chi connectivity index (χ2n) is 7.70.